The summed E-state index contributed by atoms with van der Waals surface area (Å²) in [6, 6.07) is 10.6. The minimum atomic E-state index is -3.93. The van der Waals surface area contributed by atoms with Crippen molar-refractivity contribution >= 4 is 27.3 Å². The van der Waals surface area contributed by atoms with Crippen molar-refractivity contribution in [2.75, 3.05) is 38.6 Å². The average molecular weight is 556 g/mol. The quantitative estimate of drug-likeness (QED) is 0.315. The minimum Gasteiger partial charge on any atom is -0.494 e. The maximum absolute atomic E-state index is 13.1. The number of methoxy groups -OCH3 is 2. The molecule has 0 amide bonds. The number of hydrogen-bond acceptors (Lipinski definition) is 10. The molecule has 0 saturated carbocycles. The Kier molecular flexibility index (Phi) is 7.50. The van der Waals surface area contributed by atoms with E-state index in [1.165, 1.54) is 24.7 Å². The van der Waals surface area contributed by atoms with Gasteiger partial charge in [-0.25, -0.2) is 19.9 Å². The van der Waals surface area contributed by atoms with Crippen LogP contribution in [-0.4, -0.2) is 82.4 Å². The zero-order valence-corrected chi connectivity index (χ0v) is 22.6. The number of nitrogens with zero attached hydrogens (tertiary/aromatic N) is 6. The van der Waals surface area contributed by atoms with Crippen molar-refractivity contribution in [3.05, 3.63) is 42.6 Å². The van der Waals surface area contributed by atoms with E-state index in [0.717, 1.165) is 0 Å². The van der Waals surface area contributed by atoms with Crippen LogP contribution in [0.2, 0.25) is 0 Å². The molecule has 0 spiro atoms. The highest BCUT2D eigenvalue weighted by Crippen LogP contribution is 2.38. The number of para-hydroxylation sites is 1. The Morgan fingerprint density at radius 1 is 1.03 bits per heavy atom. The summed E-state index contributed by atoms with van der Waals surface area (Å²) in [5, 5.41) is 9.76. The van der Waals surface area contributed by atoms with Crippen LogP contribution < -0.4 is 18.9 Å². The lowest BCUT2D eigenvalue weighted by atomic mass is 10.1. The molecule has 4 aromatic rings. The van der Waals surface area contributed by atoms with Gasteiger partial charge in [0.05, 0.1) is 33.1 Å². The zero-order valence-electron chi connectivity index (χ0n) is 21.7. The van der Waals surface area contributed by atoms with E-state index in [1.807, 2.05) is 6.92 Å². The van der Waals surface area contributed by atoms with E-state index in [1.54, 1.807) is 41.0 Å². The third-order valence-corrected chi connectivity index (χ3v) is 7.75. The molecular formula is C25H29N7O6S. The molecule has 4 heterocycles. The molecule has 2 N–H and O–H groups in total. The number of imidazole rings is 1. The van der Waals surface area contributed by atoms with Crippen molar-refractivity contribution in [1.29, 1.82) is 0 Å². The van der Waals surface area contributed by atoms with E-state index in [0.29, 0.717) is 54.0 Å². The van der Waals surface area contributed by atoms with Crippen LogP contribution in [-0.2, 0) is 10.2 Å². The molecule has 1 aliphatic rings. The highest BCUT2D eigenvalue weighted by atomic mass is 32.2. The molecule has 0 atom stereocenters. The minimum absolute atomic E-state index is 0.00575. The molecule has 3 aromatic heterocycles. The van der Waals surface area contributed by atoms with Crippen molar-refractivity contribution in [2.45, 2.75) is 25.9 Å². The Hall–Kier alpha value is -4.01. The van der Waals surface area contributed by atoms with Gasteiger partial charge in [0, 0.05) is 19.2 Å². The fourth-order valence-corrected chi connectivity index (χ4v) is 5.57. The summed E-state index contributed by atoms with van der Waals surface area (Å²) >= 11 is 0. The number of anilines is 1. The summed E-state index contributed by atoms with van der Waals surface area (Å²) in [6.07, 6.45) is 1.53. The van der Waals surface area contributed by atoms with Gasteiger partial charge in [0.2, 0.25) is 5.88 Å². The van der Waals surface area contributed by atoms with E-state index in [-0.39, 0.29) is 30.2 Å². The lowest BCUT2D eigenvalue weighted by Gasteiger charge is -2.28. The summed E-state index contributed by atoms with van der Waals surface area (Å²) in [6.45, 7) is 2.71. The number of aliphatic hydroxyl groups is 1. The van der Waals surface area contributed by atoms with Crippen LogP contribution in [0, 0.1) is 0 Å². The van der Waals surface area contributed by atoms with Crippen molar-refractivity contribution in [2.24, 2.45) is 0 Å². The van der Waals surface area contributed by atoms with Crippen LogP contribution in [0.5, 0.6) is 17.4 Å². The lowest BCUT2D eigenvalue weighted by Crippen LogP contribution is -2.43. The monoisotopic (exact) mass is 555 g/mol. The highest BCUT2D eigenvalue weighted by Gasteiger charge is 2.29. The number of ether oxygens (including phenoxy) is 3. The fraction of sp³-hybridized carbons (Fsp3) is 0.360. The molecule has 39 heavy (non-hydrogen) atoms. The fourth-order valence-electron chi connectivity index (χ4n) is 4.38. The maximum Gasteiger partial charge on any atom is 0.302 e. The van der Waals surface area contributed by atoms with E-state index >= 15 is 0 Å². The van der Waals surface area contributed by atoms with Crippen LogP contribution in [0.25, 0.3) is 28.5 Å². The van der Waals surface area contributed by atoms with Gasteiger partial charge < -0.3 is 19.3 Å². The first-order valence-electron chi connectivity index (χ1n) is 12.4. The van der Waals surface area contributed by atoms with Gasteiger partial charge in [0.15, 0.2) is 22.9 Å². The van der Waals surface area contributed by atoms with Crippen molar-refractivity contribution in [1.82, 2.24) is 28.8 Å². The molecule has 1 fully saturated rings. The van der Waals surface area contributed by atoms with Crippen molar-refractivity contribution in [3.63, 3.8) is 0 Å². The van der Waals surface area contributed by atoms with E-state index in [4.69, 9.17) is 19.2 Å². The second-order valence-electron chi connectivity index (χ2n) is 8.72. The van der Waals surface area contributed by atoms with Gasteiger partial charge in [-0.3, -0.25) is 9.29 Å². The van der Waals surface area contributed by atoms with Crippen LogP contribution in [0.3, 0.4) is 0 Å². The number of aliphatic hydroxyl groups excluding tert-OH is 1. The second kappa shape index (κ2) is 11.0. The number of nitrogens with one attached hydrogen (secondary N) is 1. The summed E-state index contributed by atoms with van der Waals surface area (Å²) in [7, 11) is -0.860. The highest BCUT2D eigenvalue weighted by molar-refractivity contribution is 7.90. The first-order valence-corrected chi connectivity index (χ1v) is 13.8. The van der Waals surface area contributed by atoms with E-state index < -0.39 is 16.3 Å². The Morgan fingerprint density at radius 3 is 2.38 bits per heavy atom. The molecule has 14 heteroatoms. The Morgan fingerprint density at radius 2 is 1.72 bits per heavy atom. The first kappa shape index (κ1) is 26.6. The molecule has 206 valence electrons. The van der Waals surface area contributed by atoms with Crippen LogP contribution in [0.15, 0.2) is 42.6 Å². The molecule has 1 aliphatic heterocycles. The van der Waals surface area contributed by atoms with Crippen molar-refractivity contribution < 1.29 is 27.7 Å². The largest absolute Gasteiger partial charge is 0.494 e. The Labute approximate surface area is 225 Å². The molecule has 0 bridgehead atoms. The van der Waals surface area contributed by atoms with Gasteiger partial charge in [-0.2, -0.15) is 12.7 Å². The molecule has 5 rings (SSSR count). The van der Waals surface area contributed by atoms with Crippen LogP contribution >= 0.6 is 0 Å². The van der Waals surface area contributed by atoms with Gasteiger partial charge >= 0.3 is 10.2 Å². The third kappa shape index (κ3) is 5.30. The third-order valence-electron chi connectivity index (χ3n) is 6.24. The topological polar surface area (TPSA) is 154 Å². The van der Waals surface area contributed by atoms with Gasteiger partial charge in [-0.05, 0) is 38.0 Å². The number of piperidine rings is 1. The molecule has 13 nitrogen and oxygen atoms in total. The summed E-state index contributed by atoms with van der Waals surface area (Å²) in [5.74, 6) is 1.73. The number of hydrogen-bond donors (Lipinski definition) is 2. The molecule has 0 radical (unpaired) electrons. The predicted molar refractivity (Wildman–Crippen MR) is 144 cm³/mol. The van der Waals surface area contributed by atoms with E-state index in [2.05, 4.69) is 19.7 Å². The molecule has 0 unspecified atom stereocenters. The van der Waals surface area contributed by atoms with Crippen LogP contribution in [0.4, 0.5) is 5.82 Å². The number of fused-ring (bicyclic) bond motifs is 1. The summed E-state index contributed by atoms with van der Waals surface area (Å²) in [4.78, 5) is 18.3. The normalized spacial score (nSPS) is 14.9. The molecule has 0 aliphatic carbocycles. The number of rotatable bonds is 9. The van der Waals surface area contributed by atoms with Crippen LogP contribution in [0.1, 0.15) is 19.8 Å². The molecule has 1 aromatic carbocycles. The number of aromatic nitrogens is 5. The Bertz CT molecular complexity index is 1560. The SMILES string of the molecule is CCOc1cccc(-c2nc3ncc(NS(=O)(=O)N4CCC(O)CC4)nc3n2-c2c(OC)cccc2OC)n1. The smallest absolute Gasteiger partial charge is 0.302 e. The van der Waals surface area contributed by atoms with Crippen molar-refractivity contribution in [3.8, 4) is 34.6 Å². The summed E-state index contributed by atoms with van der Waals surface area (Å²) < 4.78 is 48.5. The lowest BCUT2D eigenvalue weighted by molar-refractivity contribution is 0.113. The van der Waals surface area contributed by atoms with Gasteiger partial charge in [0.1, 0.15) is 22.9 Å². The number of benzene rings is 1. The predicted octanol–water partition coefficient (Wildman–Crippen LogP) is 2.41. The van der Waals surface area contributed by atoms with Gasteiger partial charge in [-0.1, -0.05) is 12.1 Å². The average Bonchev–Trinajstić information content (AvgIpc) is 3.31. The van der Waals surface area contributed by atoms with Gasteiger partial charge in [0.25, 0.3) is 0 Å². The summed E-state index contributed by atoms with van der Waals surface area (Å²) in [5.41, 5.74) is 1.47. The molecule has 1 saturated heterocycles. The standard InChI is InChI=1S/C25H29N7O6S/c1-4-38-21-10-5-7-17(27-21)24-29-23-25(32(24)22-18(36-2)8-6-9-19(22)37-3)28-20(15-26-23)30-39(34,35)31-13-11-16(33)12-14-31/h5-10,15-16,33H,4,11-14H2,1-3H3,(H,28,30). The maximum atomic E-state index is 13.1. The molecular weight excluding hydrogens is 526 g/mol. The second-order valence-corrected chi connectivity index (χ2v) is 10.4. The van der Waals surface area contributed by atoms with E-state index in [9.17, 15) is 13.5 Å². The number of pyridine rings is 1. The first-order chi connectivity index (χ1) is 18.8. The Balaban J connectivity index is 1.68. The zero-order chi connectivity index (χ0) is 27.6. The van der Waals surface area contributed by atoms with Gasteiger partial charge in [-0.15, -0.1) is 0 Å².